The lowest BCUT2D eigenvalue weighted by atomic mass is 10.1. The standard InChI is InChI=1S/C15H20FNO4/c1-10(18)13-3-2-12(8-14(13)16)21-9-15(19)17-11-4-6-20-7-5-11/h2-3,8,10-11,18H,4-7,9H2,1H3,(H,17,19)/t10-/m0/s1. The highest BCUT2D eigenvalue weighted by molar-refractivity contribution is 5.77. The molecule has 0 saturated carbocycles. The summed E-state index contributed by atoms with van der Waals surface area (Å²) < 4.78 is 24.1. The Bertz CT molecular complexity index is 487. The first-order valence-electron chi connectivity index (χ1n) is 7.03. The maximum absolute atomic E-state index is 13.6. The van der Waals surface area contributed by atoms with Crippen molar-refractivity contribution in [2.45, 2.75) is 31.9 Å². The van der Waals surface area contributed by atoms with Gasteiger partial charge in [0.25, 0.3) is 5.91 Å². The van der Waals surface area contributed by atoms with Gasteiger partial charge in [0.2, 0.25) is 0 Å². The van der Waals surface area contributed by atoms with E-state index in [1.54, 1.807) is 0 Å². The van der Waals surface area contributed by atoms with E-state index in [1.165, 1.54) is 25.1 Å². The van der Waals surface area contributed by atoms with E-state index in [1.807, 2.05) is 0 Å². The molecule has 1 aliphatic rings. The second-order valence-electron chi connectivity index (χ2n) is 5.10. The summed E-state index contributed by atoms with van der Waals surface area (Å²) in [6.45, 7) is 2.63. The van der Waals surface area contributed by atoms with Crippen molar-refractivity contribution in [2.75, 3.05) is 19.8 Å². The topological polar surface area (TPSA) is 67.8 Å². The van der Waals surface area contributed by atoms with Gasteiger partial charge in [-0.2, -0.15) is 0 Å². The number of aliphatic hydroxyl groups is 1. The molecule has 116 valence electrons. The van der Waals surface area contributed by atoms with Gasteiger partial charge in [0.15, 0.2) is 6.61 Å². The minimum absolute atomic E-state index is 0.115. The highest BCUT2D eigenvalue weighted by Crippen LogP contribution is 2.21. The summed E-state index contributed by atoms with van der Waals surface area (Å²) >= 11 is 0. The number of aliphatic hydroxyl groups excluding tert-OH is 1. The zero-order valence-corrected chi connectivity index (χ0v) is 12.0. The van der Waals surface area contributed by atoms with Gasteiger partial charge in [-0.25, -0.2) is 4.39 Å². The third-order valence-electron chi connectivity index (χ3n) is 3.38. The van der Waals surface area contributed by atoms with Crippen molar-refractivity contribution in [3.8, 4) is 5.75 Å². The van der Waals surface area contributed by atoms with Crippen LogP contribution in [0.4, 0.5) is 4.39 Å². The monoisotopic (exact) mass is 297 g/mol. The Hall–Kier alpha value is -1.66. The number of benzene rings is 1. The Kier molecular flexibility index (Phi) is 5.52. The van der Waals surface area contributed by atoms with E-state index in [-0.39, 0.29) is 29.9 Å². The summed E-state index contributed by atoms with van der Waals surface area (Å²) in [7, 11) is 0. The molecule has 1 fully saturated rings. The summed E-state index contributed by atoms with van der Waals surface area (Å²) in [5.74, 6) is -0.520. The van der Waals surface area contributed by atoms with Gasteiger partial charge in [-0.3, -0.25) is 4.79 Å². The van der Waals surface area contributed by atoms with Gasteiger partial charge < -0.3 is 19.9 Å². The molecule has 0 radical (unpaired) electrons. The van der Waals surface area contributed by atoms with Crippen molar-refractivity contribution < 1.29 is 23.8 Å². The molecule has 5 nitrogen and oxygen atoms in total. The molecule has 0 aromatic heterocycles. The highest BCUT2D eigenvalue weighted by atomic mass is 19.1. The molecule has 0 unspecified atom stereocenters. The first-order chi connectivity index (χ1) is 10.1. The number of carbonyl (C=O) groups is 1. The molecule has 0 bridgehead atoms. The van der Waals surface area contributed by atoms with E-state index >= 15 is 0 Å². The summed E-state index contributed by atoms with van der Waals surface area (Å²) in [4.78, 5) is 11.7. The molecule has 1 saturated heterocycles. The van der Waals surface area contributed by atoms with Crippen molar-refractivity contribution in [3.05, 3.63) is 29.6 Å². The molecule has 1 aromatic carbocycles. The van der Waals surface area contributed by atoms with Crippen molar-refractivity contribution in [2.24, 2.45) is 0 Å². The normalized spacial score (nSPS) is 17.3. The van der Waals surface area contributed by atoms with Crippen molar-refractivity contribution in [1.82, 2.24) is 5.32 Å². The Morgan fingerprint density at radius 3 is 2.86 bits per heavy atom. The first-order valence-corrected chi connectivity index (χ1v) is 7.03. The Labute approximate surface area is 123 Å². The third-order valence-corrected chi connectivity index (χ3v) is 3.38. The molecule has 1 amide bonds. The molecule has 1 heterocycles. The number of halogens is 1. The zero-order chi connectivity index (χ0) is 15.2. The van der Waals surface area contributed by atoms with E-state index in [4.69, 9.17) is 9.47 Å². The van der Waals surface area contributed by atoms with Crippen LogP contribution in [0.25, 0.3) is 0 Å². The van der Waals surface area contributed by atoms with Gasteiger partial charge in [0.05, 0.1) is 6.10 Å². The molecule has 0 spiro atoms. The van der Waals surface area contributed by atoms with Crippen molar-refractivity contribution >= 4 is 5.91 Å². The van der Waals surface area contributed by atoms with Gasteiger partial charge in [-0.15, -0.1) is 0 Å². The first kappa shape index (κ1) is 15.7. The largest absolute Gasteiger partial charge is 0.484 e. The van der Waals surface area contributed by atoms with E-state index in [2.05, 4.69) is 5.32 Å². The average Bonchev–Trinajstić information content (AvgIpc) is 2.46. The van der Waals surface area contributed by atoms with Gasteiger partial charge in [0.1, 0.15) is 11.6 Å². The number of carbonyl (C=O) groups excluding carboxylic acids is 1. The summed E-state index contributed by atoms with van der Waals surface area (Å²) in [6.07, 6.45) is 0.711. The minimum atomic E-state index is -0.879. The van der Waals surface area contributed by atoms with Crippen LogP contribution >= 0.6 is 0 Å². The number of ether oxygens (including phenoxy) is 2. The summed E-state index contributed by atoms with van der Waals surface area (Å²) in [5.41, 5.74) is 0.203. The molecular formula is C15H20FNO4. The van der Waals surface area contributed by atoms with Crippen LogP contribution in [0.3, 0.4) is 0 Å². The van der Waals surface area contributed by atoms with Gasteiger partial charge in [0, 0.05) is 30.9 Å². The van der Waals surface area contributed by atoms with Crippen LogP contribution in [-0.4, -0.2) is 36.9 Å². The Morgan fingerprint density at radius 1 is 1.52 bits per heavy atom. The lowest BCUT2D eigenvalue weighted by Crippen LogP contribution is -2.41. The number of nitrogens with one attached hydrogen (secondary N) is 1. The minimum Gasteiger partial charge on any atom is -0.484 e. The van der Waals surface area contributed by atoms with Crippen LogP contribution < -0.4 is 10.1 Å². The molecule has 1 aliphatic heterocycles. The fraction of sp³-hybridized carbons (Fsp3) is 0.533. The van der Waals surface area contributed by atoms with Crippen LogP contribution in [-0.2, 0) is 9.53 Å². The SMILES string of the molecule is C[C@H](O)c1ccc(OCC(=O)NC2CCOCC2)cc1F. The van der Waals surface area contributed by atoms with Crippen LogP contribution in [0.5, 0.6) is 5.75 Å². The fourth-order valence-electron chi connectivity index (χ4n) is 2.20. The number of hydrogen-bond acceptors (Lipinski definition) is 4. The predicted octanol–water partition coefficient (Wildman–Crippen LogP) is 1.55. The smallest absolute Gasteiger partial charge is 0.258 e. The Balaban J connectivity index is 1.82. The quantitative estimate of drug-likeness (QED) is 0.865. The third kappa shape index (κ3) is 4.68. The number of hydrogen-bond donors (Lipinski definition) is 2. The highest BCUT2D eigenvalue weighted by Gasteiger charge is 2.16. The average molecular weight is 297 g/mol. The number of rotatable bonds is 5. The molecule has 0 aliphatic carbocycles. The second kappa shape index (κ2) is 7.38. The van der Waals surface area contributed by atoms with Crippen LogP contribution in [0.15, 0.2) is 18.2 Å². The summed E-state index contributed by atoms with van der Waals surface area (Å²) in [5, 5.41) is 12.2. The lowest BCUT2D eigenvalue weighted by molar-refractivity contribution is -0.124. The van der Waals surface area contributed by atoms with Crippen LogP contribution in [0, 0.1) is 5.82 Å². The van der Waals surface area contributed by atoms with Gasteiger partial charge >= 0.3 is 0 Å². The molecule has 2 N–H and O–H groups in total. The molecule has 1 atom stereocenters. The fourth-order valence-corrected chi connectivity index (χ4v) is 2.20. The maximum Gasteiger partial charge on any atom is 0.258 e. The van der Waals surface area contributed by atoms with Gasteiger partial charge in [-0.1, -0.05) is 0 Å². The lowest BCUT2D eigenvalue weighted by Gasteiger charge is -2.23. The molecule has 6 heteroatoms. The molecule has 21 heavy (non-hydrogen) atoms. The predicted molar refractivity (Wildman–Crippen MR) is 74.5 cm³/mol. The molecule has 1 aromatic rings. The van der Waals surface area contributed by atoms with Crippen LogP contribution in [0.1, 0.15) is 31.4 Å². The van der Waals surface area contributed by atoms with Crippen molar-refractivity contribution in [3.63, 3.8) is 0 Å². The number of amides is 1. The molecule has 2 rings (SSSR count). The summed E-state index contributed by atoms with van der Waals surface area (Å²) in [6, 6.07) is 4.27. The molecular weight excluding hydrogens is 277 g/mol. The van der Waals surface area contributed by atoms with E-state index in [9.17, 15) is 14.3 Å². The van der Waals surface area contributed by atoms with E-state index in [0.717, 1.165) is 12.8 Å². The zero-order valence-electron chi connectivity index (χ0n) is 12.0. The van der Waals surface area contributed by atoms with E-state index < -0.39 is 11.9 Å². The second-order valence-corrected chi connectivity index (χ2v) is 5.10. The Morgan fingerprint density at radius 2 is 2.24 bits per heavy atom. The maximum atomic E-state index is 13.6. The van der Waals surface area contributed by atoms with Gasteiger partial charge in [-0.05, 0) is 31.9 Å². The van der Waals surface area contributed by atoms with E-state index in [0.29, 0.717) is 13.2 Å². The van der Waals surface area contributed by atoms with Crippen molar-refractivity contribution in [1.29, 1.82) is 0 Å². The van der Waals surface area contributed by atoms with Crippen LogP contribution in [0.2, 0.25) is 0 Å².